The van der Waals surface area contributed by atoms with Gasteiger partial charge in [-0.2, -0.15) is 0 Å². The summed E-state index contributed by atoms with van der Waals surface area (Å²) in [5.41, 5.74) is 1.65. The summed E-state index contributed by atoms with van der Waals surface area (Å²) in [5, 5.41) is 0.416. The first-order valence-corrected chi connectivity index (χ1v) is 11.5. The molecule has 30 heavy (non-hydrogen) atoms. The molecule has 0 N–H and O–H groups in total. The van der Waals surface area contributed by atoms with E-state index in [1.54, 1.807) is 22.0 Å². The molecular formula is C21H22FN3O3S2. The van der Waals surface area contributed by atoms with Gasteiger partial charge in [-0.3, -0.25) is 4.79 Å². The number of rotatable bonds is 4. The van der Waals surface area contributed by atoms with Crippen LogP contribution in [0.1, 0.15) is 0 Å². The van der Waals surface area contributed by atoms with Crippen molar-refractivity contribution in [2.45, 2.75) is 4.90 Å². The quantitative estimate of drug-likeness (QED) is 0.572. The first kappa shape index (κ1) is 20.0. The smallest absolute Gasteiger partial charge is 0.273 e. The highest BCUT2D eigenvalue weighted by Gasteiger charge is 2.21. The minimum atomic E-state index is -0.394. The van der Waals surface area contributed by atoms with Crippen molar-refractivity contribution in [1.82, 2.24) is 8.26 Å². The second-order valence-electron chi connectivity index (χ2n) is 7.21. The maximum absolute atomic E-state index is 13.7. The second-order valence-corrected chi connectivity index (χ2v) is 9.37. The number of fused-ring (bicyclic) bond motifs is 1. The van der Waals surface area contributed by atoms with Crippen LogP contribution in [0.5, 0.6) is 0 Å². The summed E-state index contributed by atoms with van der Waals surface area (Å²) in [6.07, 6.45) is 0. The molecule has 0 unspecified atom stereocenters. The Labute approximate surface area is 182 Å². The molecule has 6 nitrogen and oxygen atoms in total. The number of morpholine rings is 2. The zero-order chi connectivity index (χ0) is 20.5. The van der Waals surface area contributed by atoms with Crippen LogP contribution in [0.2, 0.25) is 0 Å². The molecule has 2 fully saturated rings. The van der Waals surface area contributed by atoms with Crippen molar-refractivity contribution in [3.05, 3.63) is 52.6 Å². The Kier molecular flexibility index (Phi) is 5.79. The number of ether oxygens (including phenoxy) is 2. The molecule has 3 aromatic rings. The zero-order valence-electron chi connectivity index (χ0n) is 16.4. The summed E-state index contributed by atoms with van der Waals surface area (Å²) in [5.74, 6) is -0.394. The lowest BCUT2D eigenvalue weighted by Gasteiger charge is -2.31. The molecular weight excluding hydrogens is 425 g/mol. The fourth-order valence-corrected chi connectivity index (χ4v) is 5.66. The van der Waals surface area contributed by atoms with E-state index in [-0.39, 0.29) is 5.56 Å². The predicted octanol–water partition coefficient (Wildman–Crippen LogP) is 3.37. The molecule has 158 valence electrons. The number of halogens is 1. The van der Waals surface area contributed by atoms with E-state index in [0.29, 0.717) is 18.6 Å². The summed E-state index contributed by atoms with van der Waals surface area (Å²) in [6, 6.07) is 10.7. The van der Waals surface area contributed by atoms with Crippen LogP contribution in [0.25, 0.3) is 15.8 Å². The van der Waals surface area contributed by atoms with Crippen LogP contribution in [0.4, 0.5) is 10.1 Å². The van der Waals surface area contributed by atoms with Gasteiger partial charge in [-0.25, -0.2) is 12.7 Å². The highest BCUT2D eigenvalue weighted by Crippen LogP contribution is 2.34. The standard InChI is InChI=1S/C21H22FN3O3S2/c22-15-1-4-20-17(13-15)21(26)25(30-20)19-14-16(29-24-7-11-28-12-8-24)2-3-18(19)23-5-9-27-10-6-23/h1-4,13-14H,5-12H2. The third kappa shape index (κ3) is 4.00. The van der Waals surface area contributed by atoms with E-state index in [9.17, 15) is 9.18 Å². The van der Waals surface area contributed by atoms with E-state index in [4.69, 9.17) is 9.47 Å². The number of hydrogen-bond donors (Lipinski definition) is 0. The van der Waals surface area contributed by atoms with Crippen LogP contribution in [0.3, 0.4) is 0 Å². The number of benzene rings is 2. The van der Waals surface area contributed by atoms with Gasteiger partial charge in [0, 0.05) is 31.1 Å². The van der Waals surface area contributed by atoms with Gasteiger partial charge < -0.3 is 14.4 Å². The van der Waals surface area contributed by atoms with Crippen molar-refractivity contribution in [3.63, 3.8) is 0 Å². The lowest BCUT2D eigenvalue weighted by Crippen LogP contribution is -2.37. The van der Waals surface area contributed by atoms with Crippen LogP contribution in [-0.2, 0) is 9.47 Å². The molecule has 0 bridgehead atoms. The summed E-state index contributed by atoms with van der Waals surface area (Å²) in [6.45, 7) is 6.07. The van der Waals surface area contributed by atoms with Gasteiger partial charge in [0.1, 0.15) is 5.82 Å². The normalized spacial score (nSPS) is 18.2. The van der Waals surface area contributed by atoms with Gasteiger partial charge in [-0.05, 0) is 48.3 Å². The largest absolute Gasteiger partial charge is 0.379 e. The predicted molar refractivity (Wildman–Crippen MR) is 119 cm³/mol. The van der Waals surface area contributed by atoms with E-state index in [2.05, 4.69) is 27.4 Å². The topological polar surface area (TPSA) is 46.9 Å². The molecule has 2 aliphatic heterocycles. The molecule has 0 atom stereocenters. The maximum Gasteiger partial charge on any atom is 0.273 e. The van der Waals surface area contributed by atoms with Gasteiger partial charge in [0.2, 0.25) is 0 Å². The first-order valence-electron chi connectivity index (χ1n) is 9.98. The molecule has 3 heterocycles. The van der Waals surface area contributed by atoms with Gasteiger partial charge >= 0.3 is 0 Å². The fourth-order valence-electron chi connectivity index (χ4n) is 3.74. The van der Waals surface area contributed by atoms with Crippen molar-refractivity contribution < 1.29 is 13.9 Å². The van der Waals surface area contributed by atoms with Crippen LogP contribution in [0, 0.1) is 5.82 Å². The van der Waals surface area contributed by atoms with E-state index in [0.717, 1.165) is 60.4 Å². The van der Waals surface area contributed by atoms with Crippen molar-refractivity contribution in [1.29, 1.82) is 0 Å². The Bertz CT molecular complexity index is 1100. The van der Waals surface area contributed by atoms with E-state index < -0.39 is 5.82 Å². The number of aromatic nitrogens is 1. The number of hydrogen-bond acceptors (Lipinski definition) is 7. The molecule has 2 saturated heterocycles. The minimum absolute atomic E-state index is 0.183. The third-order valence-electron chi connectivity index (χ3n) is 5.27. The highest BCUT2D eigenvalue weighted by atomic mass is 32.2. The first-order chi connectivity index (χ1) is 14.7. The van der Waals surface area contributed by atoms with Crippen molar-refractivity contribution in [2.75, 3.05) is 57.5 Å². The molecule has 0 aliphatic carbocycles. The fraction of sp³-hybridized carbons (Fsp3) is 0.381. The Morgan fingerprint density at radius 1 is 0.900 bits per heavy atom. The highest BCUT2D eigenvalue weighted by molar-refractivity contribution is 7.97. The summed E-state index contributed by atoms with van der Waals surface area (Å²) in [4.78, 5) is 16.5. The van der Waals surface area contributed by atoms with E-state index in [1.807, 2.05) is 0 Å². The van der Waals surface area contributed by atoms with Crippen LogP contribution >= 0.6 is 23.5 Å². The molecule has 0 amide bonds. The lowest BCUT2D eigenvalue weighted by atomic mass is 10.2. The molecule has 2 aliphatic rings. The van der Waals surface area contributed by atoms with E-state index in [1.165, 1.54) is 23.7 Å². The van der Waals surface area contributed by atoms with Crippen molar-refractivity contribution >= 4 is 39.3 Å². The summed E-state index contributed by atoms with van der Waals surface area (Å²) < 4.78 is 29.4. The molecule has 1 aromatic heterocycles. The van der Waals surface area contributed by atoms with E-state index >= 15 is 0 Å². The number of nitrogens with zero attached hydrogens (tertiary/aromatic N) is 3. The summed E-state index contributed by atoms with van der Waals surface area (Å²) in [7, 11) is 0. The van der Waals surface area contributed by atoms with Gasteiger partial charge in [-0.15, -0.1) is 0 Å². The van der Waals surface area contributed by atoms with Gasteiger partial charge in [-0.1, -0.05) is 11.5 Å². The molecule has 2 aromatic carbocycles. The van der Waals surface area contributed by atoms with Gasteiger partial charge in [0.05, 0.1) is 47.9 Å². The Morgan fingerprint density at radius 2 is 1.63 bits per heavy atom. The zero-order valence-corrected chi connectivity index (χ0v) is 18.0. The van der Waals surface area contributed by atoms with Crippen LogP contribution in [0.15, 0.2) is 46.1 Å². The lowest BCUT2D eigenvalue weighted by molar-refractivity contribution is 0.0773. The minimum Gasteiger partial charge on any atom is -0.379 e. The Balaban J connectivity index is 1.59. The molecule has 9 heteroatoms. The van der Waals surface area contributed by atoms with Crippen LogP contribution < -0.4 is 10.5 Å². The monoisotopic (exact) mass is 447 g/mol. The molecule has 0 saturated carbocycles. The maximum atomic E-state index is 13.7. The molecule has 5 rings (SSSR count). The SMILES string of the molecule is O=c1c2cc(F)ccc2sn1-c1cc(SN2CCOCC2)ccc1N1CCOCC1. The number of anilines is 1. The Hall–Kier alpha value is -1.91. The second kappa shape index (κ2) is 8.68. The summed E-state index contributed by atoms with van der Waals surface area (Å²) >= 11 is 3.04. The van der Waals surface area contributed by atoms with Gasteiger partial charge in [0.25, 0.3) is 5.56 Å². The molecule has 0 spiro atoms. The Morgan fingerprint density at radius 3 is 2.40 bits per heavy atom. The average Bonchev–Trinajstić information content (AvgIpc) is 3.11. The molecule has 0 radical (unpaired) electrons. The van der Waals surface area contributed by atoms with Crippen LogP contribution in [-0.4, -0.2) is 60.9 Å². The van der Waals surface area contributed by atoms with Crippen molar-refractivity contribution in [2.24, 2.45) is 0 Å². The van der Waals surface area contributed by atoms with Gasteiger partial charge in [0.15, 0.2) is 0 Å². The van der Waals surface area contributed by atoms with Crippen molar-refractivity contribution in [3.8, 4) is 5.69 Å². The third-order valence-corrected chi connectivity index (χ3v) is 7.45. The average molecular weight is 448 g/mol.